The molecule has 16 heavy (non-hydrogen) atoms. The number of rotatable bonds is 2. The fourth-order valence-corrected chi connectivity index (χ4v) is 1.74. The summed E-state index contributed by atoms with van der Waals surface area (Å²) in [5.74, 6) is -1.67. The van der Waals surface area contributed by atoms with E-state index in [4.69, 9.17) is 5.11 Å². The first-order valence-electron chi connectivity index (χ1n) is 4.72. The van der Waals surface area contributed by atoms with Gasteiger partial charge in [-0.3, -0.25) is 4.79 Å². The van der Waals surface area contributed by atoms with Gasteiger partial charge >= 0.3 is 5.97 Å². The summed E-state index contributed by atoms with van der Waals surface area (Å²) < 4.78 is 4.51. The molecule has 1 fully saturated rings. The number of carbonyl (C=O) groups excluding carboxylic acids is 1. The number of carboxylic acid groups (broad SMARTS) is 1. The topological polar surface area (TPSA) is 104 Å². The third-order valence-corrected chi connectivity index (χ3v) is 2.48. The molecule has 0 radical (unpaired) electrons. The molecule has 1 aliphatic heterocycles. The van der Waals surface area contributed by atoms with Crippen LogP contribution < -0.4 is 0 Å². The zero-order valence-electron chi connectivity index (χ0n) is 8.24. The van der Waals surface area contributed by atoms with Crippen LogP contribution in [-0.2, 0) is 4.79 Å². The maximum atomic E-state index is 11.8. The number of aliphatic hydroxyl groups is 1. The molecule has 1 saturated heterocycles. The molecular weight excluding hydrogens is 216 g/mol. The lowest BCUT2D eigenvalue weighted by Crippen LogP contribution is -2.40. The van der Waals surface area contributed by atoms with E-state index in [1.54, 1.807) is 0 Å². The molecule has 2 heterocycles. The third kappa shape index (κ3) is 1.76. The van der Waals surface area contributed by atoms with Crippen molar-refractivity contribution >= 4 is 11.9 Å². The highest BCUT2D eigenvalue weighted by Gasteiger charge is 2.39. The molecule has 0 saturated carbocycles. The minimum absolute atomic E-state index is 0.00264. The fourth-order valence-electron chi connectivity index (χ4n) is 1.74. The summed E-state index contributed by atoms with van der Waals surface area (Å²) in [5.41, 5.74) is 0.0420. The van der Waals surface area contributed by atoms with E-state index in [0.717, 1.165) is 4.90 Å². The lowest BCUT2D eigenvalue weighted by molar-refractivity contribution is -0.141. The van der Waals surface area contributed by atoms with Crippen LogP contribution in [-0.4, -0.2) is 50.8 Å². The number of aliphatic hydroxyl groups excluding tert-OH is 1. The Bertz CT molecular complexity index is 402. The Morgan fingerprint density at radius 3 is 2.88 bits per heavy atom. The largest absolute Gasteiger partial charge is 0.480 e. The normalized spacial score (nSPS) is 24.7. The van der Waals surface area contributed by atoms with Gasteiger partial charge in [-0.2, -0.15) is 0 Å². The van der Waals surface area contributed by atoms with Crippen molar-refractivity contribution in [2.45, 2.75) is 18.6 Å². The van der Waals surface area contributed by atoms with Gasteiger partial charge in [0.1, 0.15) is 12.3 Å². The molecule has 7 nitrogen and oxygen atoms in total. The summed E-state index contributed by atoms with van der Waals surface area (Å²) in [5, 5.41) is 21.7. The first-order chi connectivity index (χ1) is 7.59. The molecule has 0 aliphatic carbocycles. The Labute approximate surface area is 90.3 Å². The summed E-state index contributed by atoms with van der Waals surface area (Å²) in [6, 6.07) is 0.352. The molecule has 1 aliphatic rings. The Balaban J connectivity index is 2.20. The number of aliphatic carboxylic acids is 1. The van der Waals surface area contributed by atoms with E-state index in [9.17, 15) is 14.7 Å². The second kappa shape index (κ2) is 3.93. The Morgan fingerprint density at radius 1 is 1.56 bits per heavy atom. The Morgan fingerprint density at radius 2 is 2.31 bits per heavy atom. The third-order valence-electron chi connectivity index (χ3n) is 2.48. The van der Waals surface area contributed by atoms with Gasteiger partial charge in [-0.05, 0) is 0 Å². The number of likely N-dealkylation sites (tertiary alicyclic amines) is 1. The zero-order valence-corrected chi connectivity index (χ0v) is 8.24. The molecule has 1 aromatic rings. The maximum absolute atomic E-state index is 11.8. The summed E-state index contributed by atoms with van der Waals surface area (Å²) in [6.45, 7) is 0.00264. The van der Waals surface area contributed by atoms with Gasteiger partial charge in [0.05, 0.1) is 6.10 Å². The summed E-state index contributed by atoms with van der Waals surface area (Å²) >= 11 is 0. The van der Waals surface area contributed by atoms with E-state index in [1.807, 2.05) is 0 Å². The molecule has 2 rings (SSSR count). The molecule has 2 atom stereocenters. The van der Waals surface area contributed by atoms with E-state index < -0.39 is 24.0 Å². The lowest BCUT2D eigenvalue weighted by Gasteiger charge is -2.19. The molecular formula is C9H10N2O5. The number of hydrogen-bond acceptors (Lipinski definition) is 5. The van der Waals surface area contributed by atoms with Gasteiger partial charge in [0, 0.05) is 19.0 Å². The van der Waals surface area contributed by atoms with Gasteiger partial charge in [-0.25, -0.2) is 4.79 Å². The number of hydrogen-bond donors (Lipinski definition) is 2. The standard InChI is InChI=1S/C9H10N2O5/c12-5-3-7(9(14)15)11(4-5)8(13)6-1-2-16-10-6/h1-2,5,7,12H,3-4H2,(H,14,15)/t5-,7+/m1/s1. The number of carbonyl (C=O) groups is 2. The van der Waals surface area contributed by atoms with Crippen LogP contribution in [0.1, 0.15) is 16.9 Å². The van der Waals surface area contributed by atoms with Gasteiger partial charge < -0.3 is 19.6 Å². The van der Waals surface area contributed by atoms with E-state index >= 15 is 0 Å². The predicted molar refractivity (Wildman–Crippen MR) is 49.6 cm³/mol. The van der Waals surface area contributed by atoms with Crippen molar-refractivity contribution < 1.29 is 24.3 Å². The van der Waals surface area contributed by atoms with Gasteiger partial charge in [-0.1, -0.05) is 5.16 Å². The average molecular weight is 226 g/mol. The number of carboxylic acids is 1. The van der Waals surface area contributed by atoms with Crippen LogP contribution in [0.15, 0.2) is 16.9 Å². The molecule has 1 amide bonds. The Hall–Kier alpha value is -1.89. The number of aromatic nitrogens is 1. The van der Waals surface area contributed by atoms with Crippen molar-refractivity contribution in [1.82, 2.24) is 10.1 Å². The van der Waals surface area contributed by atoms with Crippen molar-refractivity contribution in [3.05, 3.63) is 18.0 Å². The number of nitrogens with zero attached hydrogens (tertiary/aromatic N) is 2. The first-order valence-corrected chi connectivity index (χ1v) is 4.72. The van der Waals surface area contributed by atoms with Gasteiger partial charge in [0.2, 0.25) is 0 Å². The van der Waals surface area contributed by atoms with Crippen molar-refractivity contribution in [2.24, 2.45) is 0 Å². The van der Waals surface area contributed by atoms with E-state index in [1.165, 1.54) is 12.3 Å². The number of β-amino-alcohol motifs (C(OH)–C–C–N with tert-alkyl or cyclic N) is 1. The van der Waals surface area contributed by atoms with E-state index in [0.29, 0.717) is 0 Å². The van der Waals surface area contributed by atoms with Gasteiger partial charge in [0.25, 0.3) is 5.91 Å². The first kappa shape index (κ1) is 10.6. The van der Waals surface area contributed by atoms with E-state index in [-0.39, 0.29) is 18.7 Å². The zero-order chi connectivity index (χ0) is 11.7. The number of amides is 1. The smallest absolute Gasteiger partial charge is 0.326 e. The average Bonchev–Trinajstić information content (AvgIpc) is 2.84. The highest BCUT2D eigenvalue weighted by molar-refractivity contribution is 5.95. The molecule has 86 valence electrons. The molecule has 0 bridgehead atoms. The summed E-state index contributed by atoms with van der Waals surface area (Å²) in [4.78, 5) is 23.8. The van der Waals surface area contributed by atoms with Crippen molar-refractivity contribution in [3.8, 4) is 0 Å². The quantitative estimate of drug-likeness (QED) is 0.693. The second-order valence-corrected chi connectivity index (χ2v) is 3.59. The van der Waals surface area contributed by atoms with Crippen molar-refractivity contribution in [3.63, 3.8) is 0 Å². The second-order valence-electron chi connectivity index (χ2n) is 3.59. The van der Waals surface area contributed by atoms with Crippen LogP contribution in [0.3, 0.4) is 0 Å². The summed E-state index contributed by atoms with van der Waals surface area (Å²) in [7, 11) is 0. The van der Waals surface area contributed by atoms with Crippen LogP contribution in [0, 0.1) is 0 Å². The molecule has 1 aromatic heterocycles. The lowest BCUT2D eigenvalue weighted by atomic mass is 10.2. The molecule has 0 aromatic carbocycles. The van der Waals surface area contributed by atoms with Crippen LogP contribution in [0.2, 0.25) is 0 Å². The van der Waals surface area contributed by atoms with Crippen LogP contribution in [0.4, 0.5) is 0 Å². The molecule has 0 unspecified atom stereocenters. The van der Waals surface area contributed by atoms with Crippen LogP contribution in [0.25, 0.3) is 0 Å². The van der Waals surface area contributed by atoms with E-state index in [2.05, 4.69) is 9.68 Å². The van der Waals surface area contributed by atoms with Gasteiger partial charge in [0.15, 0.2) is 5.69 Å². The van der Waals surface area contributed by atoms with Crippen LogP contribution in [0.5, 0.6) is 0 Å². The highest BCUT2D eigenvalue weighted by Crippen LogP contribution is 2.20. The fraction of sp³-hybridized carbons (Fsp3) is 0.444. The molecule has 0 spiro atoms. The minimum Gasteiger partial charge on any atom is -0.480 e. The van der Waals surface area contributed by atoms with Gasteiger partial charge in [-0.15, -0.1) is 0 Å². The molecule has 2 N–H and O–H groups in total. The maximum Gasteiger partial charge on any atom is 0.326 e. The van der Waals surface area contributed by atoms with Crippen molar-refractivity contribution in [1.29, 1.82) is 0 Å². The Kier molecular flexibility index (Phi) is 2.61. The predicted octanol–water partition coefficient (Wildman–Crippen LogP) is -0.665. The SMILES string of the molecule is O=C(O)[C@@H]1C[C@@H](O)CN1C(=O)c1ccon1. The highest BCUT2D eigenvalue weighted by atomic mass is 16.5. The monoisotopic (exact) mass is 226 g/mol. The van der Waals surface area contributed by atoms with Crippen LogP contribution >= 0.6 is 0 Å². The summed E-state index contributed by atoms with van der Waals surface area (Å²) in [6.07, 6.45) is 0.464. The molecule has 7 heteroatoms. The minimum atomic E-state index is -1.13. The van der Waals surface area contributed by atoms with Crippen molar-refractivity contribution in [2.75, 3.05) is 6.54 Å².